The van der Waals surface area contributed by atoms with E-state index >= 15 is 0 Å². The summed E-state index contributed by atoms with van der Waals surface area (Å²) in [5, 5.41) is 3.46. The number of fused-ring (bicyclic) bond motifs is 1. The van der Waals surface area contributed by atoms with Gasteiger partial charge in [-0.3, -0.25) is 9.78 Å². The minimum Gasteiger partial charge on any atom is -0.340 e. The second-order valence-corrected chi connectivity index (χ2v) is 4.91. The minimum atomic E-state index is 0.208. The average Bonchev–Trinajstić information content (AvgIpc) is 2.90. The Morgan fingerprint density at radius 2 is 2.41 bits per heavy atom. The average molecular weight is 231 g/mol. The van der Waals surface area contributed by atoms with E-state index in [2.05, 4.69) is 10.3 Å². The molecule has 3 heterocycles. The molecule has 2 atom stereocenters. The van der Waals surface area contributed by atoms with Crippen molar-refractivity contribution in [3.8, 4) is 0 Å². The Bertz CT molecular complexity index is 394. The van der Waals surface area contributed by atoms with Crippen molar-refractivity contribution in [3.63, 3.8) is 0 Å². The number of nitrogens with one attached hydrogen (secondary N) is 1. The Balaban J connectivity index is 1.61. The van der Waals surface area contributed by atoms with Crippen LogP contribution in [0.15, 0.2) is 24.4 Å². The fourth-order valence-corrected chi connectivity index (χ4v) is 2.82. The number of rotatable bonds is 2. The van der Waals surface area contributed by atoms with Gasteiger partial charge in [0.15, 0.2) is 0 Å². The number of hydrogen-bond donors (Lipinski definition) is 1. The normalized spacial score (nSPS) is 27.2. The van der Waals surface area contributed by atoms with Gasteiger partial charge in [-0.05, 0) is 31.0 Å². The minimum absolute atomic E-state index is 0.208. The molecule has 0 unspecified atom stereocenters. The summed E-state index contributed by atoms with van der Waals surface area (Å²) in [6.45, 7) is 2.90. The second kappa shape index (κ2) is 4.45. The maximum absolute atomic E-state index is 12.1. The highest BCUT2D eigenvalue weighted by Gasteiger charge is 2.37. The van der Waals surface area contributed by atoms with Gasteiger partial charge in [-0.15, -0.1) is 0 Å². The Hall–Kier alpha value is -1.42. The topological polar surface area (TPSA) is 45.2 Å². The van der Waals surface area contributed by atoms with Crippen LogP contribution >= 0.6 is 0 Å². The molecule has 0 bridgehead atoms. The van der Waals surface area contributed by atoms with E-state index in [0.717, 1.165) is 25.3 Å². The zero-order valence-corrected chi connectivity index (χ0v) is 9.80. The summed E-state index contributed by atoms with van der Waals surface area (Å²) in [5.74, 6) is 0.877. The molecule has 0 aromatic carbocycles. The molecule has 2 saturated heterocycles. The van der Waals surface area contributed by atoms with Crippen LogP contribution in [-0.2, 0) is 11.2 Å². The SMILES string of the molecule is O=C(Cc1ccccn1)N1C[C@@H]2CCN[C@@H]2C1. The first-order chi connectivity index (χ1) is 8.33. The Kier molecular flexibility index (Phi) is 2.81. The molecule has 2 aliphatic rings. The smallest absolute Gasteiger partial charge is 0.228 e. The van der Waals surface area contributed by atoms with Crippen molar-refractivity contribution in [2.24, 2.45) is 5.92 Å². The first-order valence-electron chi connectivity index (χ1n) is 6.24. The van der Waals surface area contributed by atoms with E-state index in [9.17, 15) is 4.79 Å². The number of likely N-dealkylation sites (tertiary alicyclic amines) is 1. The molecule has 17 heavy (non-hydrogen) atoms. The number of aromatic nitrogens is 1. The third kappa shape index (κ3) is 2.17. The van der Waals surface area contributed by atoms with Crippen molar-refractivity contribution >= 4 is 5.91 Å². The van der Waals surface area contributed by atoms with E-state index in [1.807, 2.05) is 23.1 Å². The fourth-order valence-electron chi connectivity index (χ4n) is 2.82. The van der Waals surface area contributed by atoms with Crippen molar-refractivity contribution in [2.45, 2.75) is 18.9 Å². The van der Waals surface area contributed by atoms with Gasteiger partial charge in [0.2, 0.25) is 5.91 Å². The van der Waals surface area contributed by atoms with Gasteiger partial charge in [-0.2, -0.15) is 0 Å². The summed E-state index contributed by atoms with van der Waals surface area (Å²) < 4.78 is 0. The molecule has 0 spiro atoms. The van der Waals surface area contributed by atoms with Crippen LogP contribution in [0, 0.1) is 5.92 Å². The first-order valence-corrected chi connectivity index (χ1v) is 6.24. The lowest BCUT2D eigenvalue weighted by Gasteiger charge is -2.17. The Morgan fingerprint density at radius 1 is 1.47 bits per heavy atom. The lowest BCUT2D eigenvalue weighted by Crippen LogP contribution is -2.34. The molecule has 0 radical (unpaired) electrons. The third-order valence-corrected chi connectivity index (χ3v) is 3.77. The number of hydrogen-bond acceptors (Lipinski definition) is 3. The van der Waals surface area contributed by atoms with Gasteiger partial charge in [0.1, 0.15) is 0 Å². The molecule has 2 aliphatic heterocycles. The third-order valence-electron chi connectivity index (χ3n) is 3.77. The van der Waals surface area contributed by atoms with Crippen LogP contribution in [0.25, 0.3) is 0 Å². The van der Waals surface area contributed by atoms with Crippen molar-refractivity contribution in [2.75, 3.05) is 19.6 Å². The number of pyridine rings is 1. The maximum Gasteiger partial charge on any atom is 0.228 e. The van der Waals surface area contributed by atoms with Crippen LogP contribution < -0.4 is 5.32 Å². The number of nitrogens with zero attached hydrogens (tertiary/aromatic N) is 2. The summed E-state index contributed by atoms with van der Waals surface area (Å²) >= 11 is 0. The van der Waals surface area contributed by atoms with Crippen molar-refractivity contribution in [1.29, 1.82) is 0 Å². The molecule has 0 saturated carbocycles. The molecule has 4 heteroatoms. The monoisotopic (exact) mass is 231 g/mol. The highest BCUT2D eigenvalue weighted by molar-refractivity contribution is 5.78. The predicted octanol–water partition coefficient (Wildman–Crippen LogP) is 0.444. The molecular weight excluding hydrogens is 214 g/mol. The standard InChI is InChI=1S/C13H17N3O/c17-13(7-11-3-1-2-5-14-11)16-8-10-4-6-15-12(10)9-16/h1-3,5,10,12,15H,4,6-9H2/t10-,12+/m0/s1. The van der Waals surface area contributed by atoms with Crippen LogP contribution in [0.1, 0.15) is 12.1 Å². The van der Waals surface area contributed by atoms with Crippen LogP contribution in [0.5, 0.6) is 0 Å². The van der Waals surface area contributed by atoms with Gasteiger partial charge in [0, 0.05) is 31.0 Å². The molecular formula is C13H17N3O. The molecule has 1 N–H and O–H groups in total. The van der Waals surface area contributed by atoms with E-state index < -0.39 is 0 Å². The molecule has 4 nitrogen and oxygen atoms in total. The van der Waals surface area contributed by atoms with E-state index in [-0.39, 0.29) is 5.91 Å². The van der Waals surface area contributed by atoms with Gasteiger partial charge >= 0.3 is 0 Å². The van der Waals surface area contributed by atoms with E-state index in [1.165, 1.54) is 6.42 Å². The van der Waals surface area contributed by atoms with Crippen LogP contribution in [0.4, 0.5) is 0 Å². The number of amides is 1. The highest BCUT2D eigenvalue weighted by atomic mass is 16.2. The zero-order chi connectivity index (χ0) is 11.7. The largest absolute Gasteiger partial charge is 0.340 e. The zero-order valence-electron chi connectivity index (χ0n) is 9.80. The lowest BCUT2D eigenvalue weighted by molar-refractivity contribution is -0.129. The Labute approximate surface area is 101 Å². The van der Waals surface area contributed by atoms with E-state index in [0.29, 0.717) is 18.4 Å². The van der Waals surface area contributed by atoms with Crippen molar-refractivity contribution in [3.05, 3.63) is 30.1 Å². The lowest BCUT2D eigenvalue weighted by atomic mass is 10.1. The highest BCUT2D eigenvalue weighted by Crippen LogP contribution is 2.24. The van der Waals surface area contributed by atoms with Crippen molar-refractivity contribution < 1.29 is 4.79 Å². The van der Waals surface area contributed by atoms with Gasteiger partial charge < -0.3 is 10.2 Å². The molecule has 90 valence electrons. The van der Waals surface area contributed by atoms with Gasteiger partial charge in [0.25, 0.3) is 0 Å². The number of carbonyl (C=O) groups is 1. The predicted molar refractivity (Wildman–Crippen MR) is 64.4 cm³/mol. The summed E-state index contributed by atoms with van der Waals surface area (Å²) in [5.41, 5.74) is 0.863. The molecule has 3 rings (SSSR count). The van der Waals surface area contributed by atoms with Gasteiger partial charge in [-0.25, -0.2) is 0 Å². The fraction of sp³-hybridized carbons (Fsp3) is 0.538. The molecule has 1 aromatic rings. The van der Waals surface area contributed by atoms with Crippen molar-refractivity contribution in [1.82, 2.24) is 15.2 Å². The van der Waals surface area contributed by atoms with Crippen LogP contribution in [0.3, 0.4) is 0 Å². The van der Waals surface area contributed by atoms with Gasteiger partial charge in [0.05, 0.1) is 6.42 Å². The maximum atomic E-state index is 12.1. The van der Waals surface area contributed by atoms with E-state index in [1.54, 1.807) is 6.20 Å². The molecule has 1 amide bonds. The van der Waals surface area contributed by atoms with Gasteiger partial charge in [-0.1, -0.05) is 6.07 Å². The second-order valence-electron chi connectivity index (χ2n) is 4.91. The summed E-state index contributed by atoms with van der Waals surface area (Å²) in [4.78, 5) is 18.3. The first kappa shape index (κ1) is 10.7. The summed E-state index contributed by atoms with van der Waals surface area (Å²) in [6, 6.07) is 6.24. The van der Waals surface area contributed by atoms with Crippen LogP contribution in [0.2, 0.25) is 0 Å². The summed E-state index contributed by atoms with van der Waals surface area (Å²) in [6.07, 6.45) is 3.38. The van der Waals surface area contributed by atoms with Crippen LogP contribution in [-0.4, -0.2) is 41.5 Å². The molecule has 0 aliphatic carbocycles. The Morgan fingerprint density at radius 3 is 3.18 bits per heavy atom. The number of carbonyl (C=O) groups excluding carboxylic acids is 1. The molecule has 1 aromatic heterocycles. The quantitative estimate of drug-likeness (QED) is 0.803. The summed E-state index contributed by atoms with van der Waals surface area (Å²) in [7, 11) is 0. The molecule has 2 fully saturated rings. The van der Waals surface area contributed by atoms with E-state index in [4.69, 9.17) is 0 Å².